The van der Waals surface area contributed by atoms with E-state index in [1.807, 2.05) is 23.8 Å². The van der Waals surface area contributed by atoms with E-state index in [0.717, 1.165) is 18.5 Å². The summed E-state index contributed by atoms with van der Waals surface area (Å²) in [5, 5.41) is 3.42. The Morgan fingerprint density at radius 1 is 1.35 bits per heavy atom. The molecule has 0 radical (unpaired) electrons. The Labute approximate surface area is 105 Å². The summed E-state index contributed by atoms with van der Waals surface area (Å²) in [6.45, 7) is 3.00. The summed E-state index contributed by atoms with van der Waals surface area (Å²) in [5.41, 5.74) is 2.99. The number of nitrogens with one attached hydrogen (secondary N) is 1. The van der Waals surface area contributed by atoms with E-state index in [4.69, 9.17) is 0 Å². The number of thiazole rings is 1. The second-order valence-electron chi connectivity index (χ2n) is 3.96. The van der Waals surface area contributed by atoms with Crippen LogP contribution in [0.1, 0.15) is 23.4 Å². The third-order valence-electron chi connectivity index (χ3n) is 2.66. The highest BCUT2D eigenvalue weighted by Crippen LogP contribution is 2.15. The minimum atomic E-state index is -0.181. The number of hydrogen-bond donors (Lipinski definition) is 1. The van der Waals surface area contributed by atoms with Crippen molar-refractivity contribution in [2.24, 2.45) is 0 Å². The van der Waals surface area contributed by atoms with Crippen molar-refractivity contribution in [3.63, 3.8) is 0 Å². The van der Waals surface area contributed by atoms with Gasteiger partial charge in [-0.3, -0.25) is 4.98 Å². The lowest BCUT2D eigenvalue weighted by atomic mass is 10.1. The predicted octanol–water partition coefficient (Wildman–Crippen LogP) is 3.18. The van der Waals surface area contributed by atoms with Crippen LogP contribution >= 0.6 is 11.3 Å². The van der Waals surface area contributed by atoms with Crippen molar-refractivity contribution in [2.75, 3.05) is 6.54 Å². The van der Waals surface area contributed by atoms with Gasteiger partial charge in [0.2, 0.25) is 0 Å². The first-order chi connectivity index (χ1) is 8.25. The summed E-state index contributed by atoms with van der Waals surface area (Å²) in [6, 6.07) is 6.98. The van der Waals surface area contributed by atoms with Gasteiger partial charge in [0.1, 0.15) is 5.82 Å². The number of nitrogens with zero attached hydrogens (tertiary/aromatic N) is 1. The molecule has 17 heavy (non-hydrogen) atoms. The molecule has 0 fully saturated rings. The monoisotopic (exact) mass is 250 g/mol. The lowest BCUT2D eigenvalue weighted by Crippen LogP contribution is -2.20. The van der Waals surface area contributed by atoms with E-state index in [1.165, 1.54) is 17.0 Å². The molecule has 0 aliphatic rings. The molecule has 2 aromatic rings. The molecule has 0 aliphatic heterocycles. The van der Waals surface area contributed by atoms with Crippen LogP contribution in [0, 0.1) is 5.82 Å². The Bertz CT molecular complexity index is 439. The maximum absolute atomic E-state index is 12.7. The highest BCUT2D eigenvalue weighted by Gasteiger charge is 2.05. The van der Waals surface area contributed by atoms with Gasteiger partial charge in [-0.25, -0.2) is 4.39 Å². The molecule has 1 unspecified atom stereocenters. The summed E-state index contributed by atoms with van der Waals surface area (Å²) < 4.78 is 12.7. The Morgan fingerprint density at radius 3 is 2.76 bits per heavy atom. The van der Waals surface area contributed by atoms with E-state index >= 15 is 0 Å². The molecule has 0 saturated carbocycles. The fourth-order valence-corrected chi connectivity index (χ4v) is 2.28. The molecule has 1 N–H and O–H groups in total. The van der Waals surface area contributed by atoms with Crippen LogP contribution in [-0.2, 0) is 6.42 Å². The first kappa shape index (κ1) is 12.2. The van der Waals surface area contributed by atoms with Crippen molar-refractivity contribution in [3.05, 3.63) is 52.2 Å². The second kappa shape index (κ2) is 5.89. The maximum atomic E-state index is 12.7. The molecule has 0 bridgehead atoms. The number of benzene rings is 1. The van der Waals surface area contributed by atoms with E-state index in [2.05, 4.69) is 17.2 Å². The quantitative estimate of drug-likeness (QED) is 0.881. The zero-order valence-electron chi connectivity index (χ0n) is 9.69. The molecule has 2 rings (SSSR count). The summed E-state index contributed by atoms with van der Waals surface area (Å²) in [6.07, 6.45) is 2.80. The van der Waals surface area contributed by atoms with Gasteiger partial charge in [-0.1, -0.05) is 12.1 Å². The van der Waals surface area contributed by atoms with Gasteiger partial charge in [0.25, 0.3) is 0 Å². The van der Waals surface area contributed by atoms with Crippen LogP contribution in [0.25, 0.3) is 0 Å². The fourth-order valence-electron chi connectivity index (χ4n) is 1.62. The molecule has 0 aliphatic carbocycles. The molecule has 0 spiro atoms. The van der Waals surface area contributed by atoms with Crippen LogP contribution < -0.4 is 5.32 Å². The van der Waals surface area contributed by atoms with Crippen molar-refractivity contribution in [1.82, 2.24) is 10.3 Å². The van der Waals surface area contributed by atoms with Gasteiger partial charge < -0.3 is 5.32 Å². The molecule has 4 heteroatoms. The number of aromatic nitrogens is 1. The molecular formula is C13H15FN2S. The lowest BCUT2D eigenvalue weighted by molar-refractivity contribution is 0.583. The zero-order chi connectivity index (χ0) is 12.1. The van der Waals surface area contributed by atoms with Crippen molar-refractivity contribution in [2.45, 2.75) is 19.4 Å². The molecule has 2 nitrogen and oxygen atoms in total. The summed E-state index contributed by atoms with van der Waals surface area (Å²) in [4.78, 5) is 5.30. The minimum Gasteiger partial charge on any atom is -0.309 e. The standard InChI is InChI=1S/C13H15FN2S/c1-10(13-8-15-9-17-13)16-7-6-11-2-4-12(14)5-3-11/h2-5,8-10,16H,6-7H2,1H3. The summed E-state index contributed by atoms with van der Waals surface area (Å²) >= 11 is 1.66. The molecule has 90 valence electrons. The van der Waals surface area contributed by atoms with Gasteiger partial charge in [-0.2, -0.15) is 0 Å². The highest BCUT2D eigenvalue weighted by atomic mass is 32.1. The predicted molar refractivity (Wildman–Crippen MR) is 68.6 cm³/mol. The Morgan fingerprint density at radius 2 is 2.12 bits per heavy atom. The van der Waals surface area contributed by atoms with Crippen LogP contribution in [0.2, 0.25) is 0 Å². The van der Waals surface area contributed by atoms with Crippen LogP contribution in [-0.4, -0.2) is 11.5 Å². The van der Waals surface area contributed by atoms with Gasteiger partial charge in [-0.05, 0) is 37.6 Å². The second-order valence-corrected chi connectivity index (χ2v) is 4.87. The zero-order valence-corrected chi connectivity index (χ0v) is 10.5. The summed E-state index contributed by atoms with van der Waals surface area (Å²) in [5.74, 6) is -0.181. The minimum absolute atomic E-state index is 0.181. The van der Waals surface area contributed by atoms with Gasteiger partial charge >= 0.3 is 0 Å². The normalized spacial score (nSPS) is 12.6. The van der Waals surface area contributed by atoms with Crippen molar-refractivity contribution in [1.29, 1.82) is 0 Å². The Balaban J connectivity index is 1.78. The van der Waals surface area contributed by atoms with E-state index in [-0.39, 0.29) is 5.82 Å². The fraction of sp³-hybridized carbons (Fsp3) is 0.308. The molecule has 1 aromatic heterocycles. The smallest absolute Gasteiger partial charge is 0.123 e. The molecule has 1 atom stereocenters. The van der Waals surface area contributed by atoms with E-state index in [1.54, 1.807) is 11.3 Å². The number of halogens is 1. The van der Waals surface area contributed by atoms with Crippen molar-refractivity contribution in [3.8, 4) is 0 Å². The highest BCUT2D eigenvalue weighted by molar-refractivity contribution is 7.09. The van der Waals surface area contributed by atoms with Crippen molar-refractivity contribution >= 4 is 11.3 Å². The Kier molecular flexibility index (Phi) is 4.23. The average Bonchev–Trinajstić information content (AvgIpc) is 2.85. The lowest BCUT2D eigenvalue weighted by Gasteiger charge is -2.11. The average molecular weight is 250 g/mol. The van der Waals surface area contributed by atoms with Crippen LogP contribution in [0.15, 0.2) is 36.0 Å². The SMILES string of the molecule is CC(NCCc1ccc(F)cc1)c1cncs1. The van der Waals surface area contributed by atoms with Crippen LogP contribution in [0.5, 0.6) is 0 Å². The van der Waals surface area contributed by atoms with Gasteiger partial charge in [-0.15, -0.1) is 11.3 Å². The van der Waals surface area contributed by atoms with Gasteiger partial charge in [0.15, 0.2) is 0 Å². The first-order valence-corrected chi connectivity index (χ1v) is 6.50. The molecular weight excluding hydrogens is 235 g/mol. The first-order valence-electron chi connectivity index (χ1n) is 5.62. The van der Waals surface area contributed by atoms with Gasteiger partial charge in [0, 0.05) is 17.1 Å². The van der Waals surface area contributed by atoms with E-state index in [9.17, 15) is 4.39 Å². The van der Waals surface area contributed by atoms with E-state index < -0.39 is 0 Å². The largest absolute Gasteiger partial charge is 0.309 e. The van der Waals surface area contributed by atoms with E-state index in [0.29, 0.717) is 6.04 Å². The maximum Gasteiger partial charge on any atom is 0.123 e. The Hall–Kier alpha value is -1.26. The third kappa shape index (κ3) is 3.61. The third-order valence-corrected chi connectivity index (χ3v) is 3.61. The van der Waals surface area contributed by atoms with Gasteiger partial charge in [0.05, 0.1) is 5.51 Å². The topological polar surface area (TPSA) is 24.9 Å². The number of hydrogen-bond acceptors (Lipinski definition) is 3. The molecule has 0 amide bonds. The van der Waals surface area contributed by atoms with Crippen LogP contribution in [0.3, 0.4) is 0 Å². The molecule has 0 saturated heterocycles. The summed E-state index contributed by atoms with van der Waals surface area (Å²) in [7, 11) is 0. The van der Waals surface area contributed by atoms with Crippen LogP contribution in [0.4, 0.5) is 4.39 Å². The number of rotatable bonds is 5. The molecule has 1 heterocycles. The van der Waals surface area contributed by atoms with Crippen molar-refractivity contribution < 1.29 is 4.39 Å². The molecule has 1 aromatic carbocycles.